The minimum Gasteiger partial charge on any atom is -0.369 e. The molecule has 2 aromatic carbocycles. The van der Waals surface area contributed by atoms with Crippen molar-refractivity contribution in [1.82, 2.24) is 10.1 Å². The van der Waals surface area contributed by atoms with Gasteiger partial charge in [0.1, 0.15) is 23.1 Å². The number of carbonyl (C=O) groups is 1. The van der Waals surface area contributed by atoms with Gasteiger partial charge in [0.15, 0.2) is 5.78 Å². The highest BCUT2D eigenvalue weighted by atomic mass is 35.5. The van der Waals surface area contributed by atoms with Crippen molar-refractivity contribution < 1.29 is 18.1 Å². The molecule has 1 fully saturated rings. The molecule has 1 atom stereocenters. The van der Waals surface area contributed by atoms with E-state index in [2.05, 4.69) is 15.0 Å². The van der Waals surface area contributed by atoms with Gasteiger partial charge in [-0.1, -0.05) is 17.3 Å². The van der Waals surface area contributed by atoms with Crippen LogP contribution in [0.1, 0.15) is 35.4 Å². The summed E-state index contributed by atoms with van der Waals surface area (Å²) in [5.74, 6) is -0.0940. The van der Waals surface area contributed by atoms with Crippen LogP contribution in [0.5, 0.6) is 0 Å². The van der Waals surface area contributed by atoms with Gasteiger partial charge in [0.05, 0.1) is 5.56 Å². The number of ketones is 1. The molecule has 5 nitrogen and oxygen atoms in total. The number of Topliss-reactive ketones (excluding diaryl/α,β-unsaturated/α-hetero) is 1. The maximum Gasteiger partial charge on any atom is 0.171 e. The molecule has 0 N–H and O–H groups in total. The summed E-state index contributed by atoms with van der Waals surface area (Å²) in [6, 6.07) is 13.0. The Morgan fingerprint density at radius 2 is 1.74 bits per heavy atom. The molecule has 5 rings (SSSR count). The number of piperazine rings is 1. The van der Waals surface area contributed by atoms with Crippen LogP contribution in [0.4, 0.5) is 14.5 Å². The molecule has 0 spiro atoms. The number of hydrogen-bond acceptors (Lipinski definition) is 5. The lowest BCUT2D eigenvalue weighted by molar-refractivity contribution is 0.0884. The van der Waals surface area contributed by atoms with Crippen LogP contribution in [0.2, 0.25) is 0 Å². The quantitative estimate of drug-likeness (QED) is 0.466. The number of aryl methyl sites for hydroxylation is 1. The van der Waals surface area contributed by atoms with E-state index in [1.165, 1.54) is 18.2 Å². The van der Waals surface area contributed by atoms with Gasteiger partial charge in [-0.25, -0.2) is 8.78 Å². The van der Waals surface area contributed by atoms with E-state index >= 15 is 0 Å². The topological polar surface area (TPSA) is 49.6 Å². The Bertz CT molecular complexity index is 1130. The van der Waals surface area contributed by atoms with E-state index in [0.717, 1.165) is 57.7 Å². The molecule has 1 aliphatic heterocycles. The van der Waals surface area contributed by atoms with E-state index in [1.807, 2.05) is 12.1 Å². The van der Waals surface area contributed by atoms with Gasteiger partial charge in [0.25, 0.3) is 0 Å². The normalized spacial score (nSPS) is 18.5. The number of halogens is 3. The van der Waals surface area contributed by atoms with Crippen molar-refractivity contribution in [3.05, 3.63) is 71.5 Å². The van der Waals surface area contributed by atoms with Gasteiger partial charge in [-0.15, -0.1) is 12.4 Å². The minimum atomic E-state index is -0.400. The average molecular weight is 488 g/mol. The smallest absolute Gasteiger partial charge is 0.171 e. The number of hydrogen-bond donors (Lipinski definition) is 0. The second-order valence-electron chi connectivity index (χ2n) is 8.86. The molecular formula is C26H28ClF2N3O2. The maximum absolute atomic E-state index is 14.3. The molecule has 8 heteroatoms. The zero-order valence-corrected chi connectivity index (χ0v) is 19.7. The van der Waals surface area contributed by atoms with E-state index in [-0.39, 0.29) is 29.9 Å². The van der Waals surface area contributed by atoms with Crippen LogP contribution < -0.4 is 4.90 Å². The third-order valence-corrected chi connectivity index (χ3v) is 6.82. The Balaban J connectivity index is 0.00000274. The van der Waals surface area contributed by atoms with Gasteiger partial charge >= 0.3 is 0 Å². The van der Waals surface area contributed by atoms with E-state index in [9.17, 15) is 13.6 Å². The predicted octanol–water partition coefficient (Wildman–Crippen LogP) is 5.39. The fourth-order valence-corrected chi connectivity index (χ4v) is 4.94. The lowest BCUT2D eigenvalue weighted by Gasteiger charge is -2.36. The monoisotopic (exact) mass is 487 g/mol. The Hall–Kier alpha value is -2.77. The van der Waals surface area contributed by atoms with Crippen LogP contribution in [-0.4, -0.2) is 48.6 Å². The first-order valence-electron chi connectivity index (χ1n) is 11.6. The van der Waals surface area contributed by atoms with Crippen molar-refractivity contribution >= 4 is 23.9 Å². The standard InChI is InChI=1S/C26H27F2N3O2.ClH/c27-19-8-10-20(11-9-19)31-16-14-30(15-17-31)13-3-4-18-7-12-23-24(26(18)32)25(29-33-23)21-5-1-2-6-22(21)28;/h1-2,5-6,8-11,18H,3-4,7,12-17H2;1H. The average Bonchev–Trinajstić information content (AvgIpc) is 3.27. The highest BCUT2D eigenvalue weighted by Crippen LogP contribution is 2.36. The van der Waals surface area contributed by atoms with E-state index in [1.54, 1.807) is 18.2 Å². The Morgan fingerprint density at radius 1 is 1.00 bits per heavy atom. The fourth-order valence-electron chi connectivity index (χ4n) is 4.94. The molecule has 1 unspecified atom stereocenters. The molecule has 0 amide bonds. The predicted molar refractivity (Wildman–Crippen MR) is 130 cm³/mol. The van der Waals surface area contributed by atoms with Gasteiger partial charge in [0.2, 0.25) is 0 Å². The molecule has 3 aromatic rings. The van der Waals surface area contributed by atoms with Crippen molar-refractivity contribution in [2.45, 2.75) is 25.7 Å². The second kappa shape index (κ2) is 10.7. The van der Waals surface area contributed by atoms with Crippen LogP contribution in [-0.2, 0) is 6.42 Å². The lowest BCUT2D eigenvalue weighted by Crippen LogP contribution is -2.46. The zero-order chi connectivity index (χ0) is 22.8. The van der Waals surface area contributed by atoms with Crippen LogP contribution in [0.15, 0.2) is 53.1 Å². The molecule has 0 bridgehead atoms. The van der Waals surface area contributed by atoms with Gasteiger partial charge in [0, 0.05) is 49.8 Å². The zero-order valence-electron chi connectivity index (χ0n) is 18.9. The summed E-state index contributed by atoms with van der Waals surface area (Å²) in [5.41, 5.74) is 2.16. The highest BCUT2D eigenvalue weighted by molar-refractivity contribution is 6.04. The van der Waals surface area contributed by atoms with Gasteiger partial charge in [-0.3, -0.25) is 9.69 Å². The molecule has 2 heterocycles. The first-order valence-corrected chi connectivity index (χ1v) is 11.6. The Kier molecular flexibility index (Phi) is 7.63. The van der Waals surface area contributed by atoms with E-state index in [4.69, 9.17) is 4.52 Å². The van der Waals surface area contributed by atoms with Crippen LogP contribution in [0.3, 0.4) is 0 Å². The second-order valence-corrected chi connectivity index (χ2v) is 8.86. The molecule has 1 aliphatic carbocycles. The van der Waals surface area contributed by atoms with Gasteiger partial charge < -0.3 is 9.42 Å². The van der Waals surface area contributed by atoms with Gasteiger partial charge in [-0.2, -0.15) is 0 Å². The number of nitrogens with zero attached hydrogens (tertiary/aromatic N) is 3. The molecule has 1 aromatic heterocycles. The molecule has 1 saturated heterocycles. The molecule has 34 heavy (non-hydrogen) atoms. The highest BCUT2D eigenvalue weighted by Gasteiger charge is 2.34. The number of carbonyl (C=O) groups excluding carboxylic acids is 1. The van der Waals surface area contributed by atoms with Crippen LogP contribution in [0, 0.1) is 17.6 Å². The number of rotatable bonds is 6. The number of aromatic nitrogens is 1. The summed E-state index contributed by atoms with van der Waals surface area (Å²) < 4.78 is 32.8. The largest absolute Gasteiger partial charge is 0.369 e. The van der Waals surface area contributed by atoms with Crippen molar-refractivity contribution in [3.63, 3.8) is 0 Å². The number of fused-ring (bicyclic) bond motifs is 1. The summed E-state index contributed by atoms with van der Waals surface area (Å²) in [6.07, 6.45) is 3.14. The van der Waals surface area contributed by atoms with Crippen LogP contribution >= 0.6 is 12.4 Å². The molecule has 0 saturated carbocycles. The summed E-state index contributed by atoms with van der Waals surface area (Å²) >= 11 is 0. The first-order chi connectivity index (χ1) is 16.1. The van der Waals surface area contributed by atoms with Gasteiger partial charge in [-0.05, 0) is 62.2 Å². The number of benzene rings is 2. The molecule has 0 radical (unpaired) electrons. The van der Waals surface area contributed by atoms with Crippen molar-refractivity contribution in [1.29, 1.82) is 0 Å². The lowest BCUT2D eigenvalue weighted by atomic mass is 9.82. The van der Waals surface area contributed by atoms with Crippen molar-refractivity contribution in [2.24, 2.45) is 5.92 Å². The molecular weight excluding hydrogens is 460 g/mol. The summed E-state index contributed by atoms with van der Waals surface area (Å²) in [6.45, 7) is 4.65. The van der Waals surface area contributed by atoms with Crippen LogP contribution in [0.25, 0.3) is 11.3 Å². The SMILES string of the molecule is Cl.O=C1c2c(-c3ccccc3F)noc2CCC1CCCN1CCN(c2ccc(F)cc2)CC1. The maximum atomic E-state index is 14.3. The Labute approximate surface area is 204 Å². The van der Waals surface area contributed by atoms with E-state index < -0.39 is 5.82 Å². The third-order valence-electron chi connectivity index (χ3n) is 6.82. The summed E-state index contributed by atoms with van der Waals surface area (Å²) in [7, 11) is 0. The van der Waals surface area contributed by atoms with Crippen molar-refractivity contribution in [2.75, 3.05) is 37.6 Å². The minimum absolute atomic E-state index is 0. The molecule has 180 valence electrons. The molecule has 2 aliphatic rings. The number of anilines is 1. The summed E-state index contributed by atoms with van der Waals surface area (Å²) in [5, 5.41) is 4.03. The third kappa shape index (κ3) is 5.00. The first kappa shape index (κ1) is 24.4. The fraction of sp³-hybridized carbons (Fsp3) is 0.385. The Morgan fingerprint density at radius 3 is 2.47 bits per heavy atom. The van der Waals surface area contributed by atoms with E-state index in [0.29, 0.717) is 29.0 Å². The summed E-state index contributed by atoms with van der Waals surface area (Å²) in [4.78, 5) is 17.9. The van der Waals surface area contributed by atoms with Crippen molar-refractivity contribution in [3.8, 4) is 11.3 Å².